The Bertz CT molecular complexity index is 1250. The molecule has 33 heavy (non-hydrogen) atoms. The van der Waals surface area contributed by atoms with E-state index in [0.717, 1.165) is 10.6 Å². The fourth-order valence-corrected chi connectivity index (χ4v) is 4.65. The number of rotatable bonds is 3. The molecule has 2 aromatic carbocycles. The van der Waals surface area contributed by atoms with Crippen molar-refractivity contribution in [3.8, 4) is 17.2 Å². The number of thiazole rings is 1. The highest BCUT2D eigenvalue weighted by molar-refractivity contribution is 7.15. The number of aromatic nitrogens is 1. The molecular weight excluding hydrogens is 436 g/mol. The normalized spacial score (nSPS) is 13.1. The molecule has 0 saturated heterocycles. The predicted octanol–water partition coefficient (Wildman–Crippen LogP) is 5.23. The van der Waals surface area contributed by atoms with E-state index in [4.69, 9.17) is 4.74 Å². The lowest BCUT2D eigenvalue weighted by Gasteiger charge is -2.29. The molecule has 0 aliphatic carbocycles. The van der Waals surface area contributed by atoms with E-state index in [1.165, 1.54) is 11.3 Å². The lowest BCUT2D eigenvalue weighted by Crippen LogP contribution is -2.39. The van der Waals surface area contributed by atoms with E-state index in [1.807, 2.05) is 45.0 Å². The van der Waals surface area contributed by atoms with Crippen LogP contribution in [0.3, 0.4) is 0 Å². The molecule has 4 rings (SSSR count). The summed E-state index contributed by atoms with van der Waals surface area (Å²) in [4.78, 5) is 32.7. The highest BCUT2D eigenvalue weighted by Crippen LogP contribution is 2.31. The maximum Gasteiger partial charge on any atom is 0.410 e. The van der Waals surface area contributed by atoms with Gasteiger partial charge in [-0.3, -0.25) is 10.1 Å². The number of fused-ring (bicyclic) bond motifs is 1. The zero-order valence-corrected chi connectivity index (χ0v) is 19.5. The molecular formula is C25H24N4O3S. The number of anilines is 1. The smallest absolute Gasteiger partial charge is 0.410 e. The van der Waals surface area contributed by atoms with Gasteiger partial charge in [-0.05, 0) is 38.5 Å². The van der Waals surface area contributed by atoms with Gasteiger partial charge in [0.15, 0.2) is 5.13 Å². The van der Waals surface area contributed by atoms with Gasteiger partial charge in [-0.1, -0.05) is 47.7 Å². The van der Waals surface area contributed by atoms with Crippen LogP contribution in [0.25, 0.3) is 11.1 Å². The Hall–Kier alpha value is -3.70. The Morgan fingerprint density at radius 3 is 2.55 bits per heavy atom. The van der Waals surface area contributed by atoms with E-state index in [2.05, 4.69) is 16.4 Å². The second-order valence-electron chi connectivity index (χ2n) is 8.70. The van der Waals surface area contributed by atoms with Gasteiger partial charge in [0.2, 0.25) is 0 Å². The summed E-state index contributed by atoms with van der Waals surface area (Å²) in [5.41, 5.74) is 2.69. The van der Waals surface area contributed by atoms with Gasteiger partial charge in [0.05, 0.1) is 23.9 Å². The third-order valence-corrected chi connectivity index (χ3v) is 6.11. The molecule has 0 unspecified atom stereocenters. The van der Waals surface area contributed by atoms with Crippen molar-refractivity contribution in [3.05, 3.63) is 70.2 Å². The molecule has 0 fully saturated rings. The summed E-state index contributed by atoms with van der Waals surface area (Å²) >= 11 is 1.36. The topological polar surface area (TPSA) is 95.3 Å². The minimum Gasteiger partial charge on any atom is -0.444 e. The predicted molar refractivity (Wildman–Crippen MR) is 127 cm³/mol. The Kier molecular flexibility index (Phi) is 6.16. The van der Waals surface area contributed by atoms with Crippen molar-refractivity contribution in [2.45, 2.75) is 39.3 Å². The van der Waals surface area contributed by atoms with Gasteiger partial charge < -0.3 is 9.64 Å². The van der Waals surface area contributed by atoms with Crippen LogP contribution < -0.4 is 5.32 Å². The lowest BCUT2D eigenvalue weighted by atomic mass is 9.95. The van der Waals surface area contributed by atoms with Crippen LogP contribution in [0, 0.1) is 11.3 Å². The molecule has 3 aromatic rings. The van der Waals surface area contributed by atoms with Crippen molar-refractivity contribution in [3.63, 3.8) is 0 Å². The van der Waals surface area contributed by atoms with E-state index in [1.54, 1.807) is 29.2 Å². The average molecular weight is 461 g/mol. The second kappa shape index (κ2) is 9.04. The van der Waals surface area contributed by atoms with E-state index >= 15 is 0 Å². The molecule has 1 aliphatic heterocycles. The van der Waals surface area contributed by atoms with Crippen LogP contribution in [-0.4, -0.2) is 34.0 Å². The number of benzene rings is 2. The summed E-state index contributed by atoms with van der Waals surface area (Å²) in [6.45, 7) is 6.45. The maximum atomic E-state index is 13.1. The third-order valence-electron chi connectivity index (χ3n) is 5.11. The monoisotopic (exact) mass is 460 g/mol. The van der Waals surface area contributed by atoms with Gasteiger partial charge in [0, 0.05) is 29.0 Å². The van der Waals surface area contributed by atoms with Gasteiger partial charge in [-0.15, -0.1) is 0 Å². The van der Waals surface area contributed by atoms with Crippen molar-refractivity contribution >= 4 is 28.5 Å². The van der Waals surface area contributed by atoms with Crippen LogP contribution in [0.5, 0.6) is 0 Å². The molecule has 0 radical (unpaired) electrons. The van der Waals surface area contributed by atoms with Crippen LogP contribution in [0.2, 0.25) is 0 Å². The van der Waals surface area contributed by atoms with Gasteiger partial charge >= 0.3 is 6.09 Å². The first kappa shape index (κ1) is 22.5. The number of nitriles is 1. The minimum absolute atomic E-state index is 0.298. The first-order valence-corrected chi connectivity index (χ1v) is 11.4. The number of carbonyl (C=O) groups excluding carboxylic acids is 2. The van der Waals surface area contributed by atoms with Gasteiger partial charge in [0.25, 0.3) is 5.91 Å². The van der Waals surface area contributed by atoms with Crippen LogP contribution >= 0.6 is 11.3 Å². The van der Waals surface area contributed by atoms with Crippen molar-refractivity contribution in [1.82, 2.24) is 9.88 Å². The number of nitrogens with one attached hydrogen (secondary N) is 1. The van der Waals surface area contributed by atoms with Crippen LogP contribution in [0.1, 0.15) is 47.3 Å². The summed E-state index contributed by atoms with van der Waals surface area (Å²) < 4.78 is 5.47. The van der Waals surface area contributed by atoms with E-state index < -0.39 is 5.60 Å². The molecule has 0 bridgehead atoms. The number of hydrogen-bond acceptors (Lipinski definition) is 6. The fourth-order valence-electron chi connectivity index (χ4n) is 3.63. The number of amides is 2. The largest absolute Gasteiger partial charge is 0.444 e. The minimum atomic E-state index is -0.554. The summed E-state index contributed by atoms with van der Waals surface area (Å²) in [6, 6.07) is 16.6. The highest BCUT2D eigenvalue weighted by atomic mass is 32.1. The average Bonchev–Trinajstić information content (AvgIpc) is 3.19. The van der Waals surface area contributed by atoms with Crippen molar-refractivity contribution in [2.75, 3.05) is 11.9 Å². The molecule has 7 nitrogen and oxygen atoms in total. The standard InChI is InChI=1S/C25H24N4O3S/c1-25(2,3)32-24(31)29-13-12-20-21(15-29)33-23(27-20)28-22(30)19-11-7-6-10-18(19)17-9-5-4-8-16(17)14-26/h4-11H,12-13,15H2,1-3H3,(H,27,28,30). The maximum absolute atomic E-state index is 13.1. The molecule has 0 spiro atoms. The van der Waals surface area contributed by atoms with Crippen molar-refractivity contribution in [1.29, 1.82) is 5.26 Å². The fraction of sp³-hybridized carbons (Fsp3) is 0.280. The van der Waals surface area contributed by atoms with Crippen LogP contribution in [0.4, 0.5) is 9.93 Å². The van der Waals surface area contributed by atoms with E-state index in [0.29, 0.717) is 46.9 Å². The summed E-state index contributed by atoms with van der Waals surface area (Å²) in [5.74, 6) is -0.298. The Labute approximate surface area is 196 Å². The molecule has 1 aliphatic rings. The molecule has 0 saturated carbocycles. The molecule has 2 heterocycles. The Morgan fingerprint density at radius 1 is 1.12 bits per heavy atom. The van der Waals surface area contributed by atoms with Gasteiger partial charge in [-0.25, -0.2) is 9.78 Å². The van der Waals surface area contributed by atoms with Crippen molar-refractivity contribution in [2.24, 2.45) is 0 Å². The molecule has 1 N–H and O–H groups in total. The lowest BCUT2D eigenvalue weighted by molar-refractivity contribution is 0.0225. The Morgan fingerprint density at radius 2 is 1.82 bits per heavy atom. The molecule has 168 valence electrons. The Balaban J connectivity index is 1.53. The molecule has 2 amide bonds. The van der Waals surface area contributed by atoms with Crippen molar-refractivity contribution < 1.29 is 14.3 Å². The van der Waals surface area contributed by atoms with Crippen LogP contribution in [0.15, 0.2) is 48.5 Å². The molecule has 8 heteroatoms. The van der Waals surface area contributed by atoms with E-state index in [-0.39, 0.29) is 12.0 Å². The SMILES string of the molecule is CC(C)(C)OC(=O)N1CCc2nc(NC(=O)c3ccccc3-c3ccccc3C#N)sc2C1. The number of hydrogen-bond donors (Lipinski definition) is 1. The number of ether oxygens (including phenoxy) is 1. The van der Waals surface area contributed by atoms with Gasteiger partial charge in [0.1, 0.15) is 5.60 Å². The zero-order valence-electron chi connectivity index (χ0n) is 18.7. The quantitative estimate of drug-likeness (QED) is 0.578. The first-order valence-electron chi connectivity index (χ1n) is 10.6. The van der Waals surface area contributed by atoms with E-state index in [9.17, 15) is 14.9 Å². The summed E-state index contributed by atoms with van der Waals surface area (Å²) in [6.07, 6.45) is 0.254. The number of carbonyl (C=O) groups is 2. The van der Waals surface area contributed by atoms with Crippen LogP contribution in [-0.2, 0) is 17.7 Å². The van der Waals surface area contributed by atoms with Gasteiger partial charge in [-0.2, -0.15) is 5.26 Å². The zero-order chi connectivity index (χ0) is 23.6. The molecule has 0 atom stereocenters. The first-order chi connectivity index (χ1) is 15.7. The molecule has 1 aromatic heterocycles. The highest BCUT2D eigenvalue weighted by Gasteiger charge is 2.28. The summed E-state index contributed by atoms with van der Waals surface area (Å²) in [7, 11) is 0. The number of nitrogens with zero attached hydrogens (tertiary/aromatic N) is 3. The second-order valence-corrected chi connectivity index (χ2v) is 9.78. The summed E-state index contributed by atoms with van der Waals surface area (Å²) in [5, 5.41) is 12.8. The third kappa shape index (κ3) is 5.04.